The molecule has 0 aliphatic rings. The quantitative estimate of drug-likeness (QED) is 0.358. The molecule has 0 saturated carbocycles. The van der Waals surface area contributed by atoms with Crippen LogP contribution in [0.4, 0.5) is 4.39 Å². The normalized spacial score (nSPS) is 11.6. The van der Waals surface area contributed by atoms with Crippen LogP contribution in [0.5, 0.6) is 5.75 Å². The van der Waals surface area contributed by atoms with E-state index in [0.29, 0.717) is 34.0 Å². The van der Waals surface area contributed by atoms with Crippen molar-refractivity contribution in [2.45, 2.75) is 53.8 Å². The summed E-state index contributed by atoms with van der Waals surface area (Å²) in [5.41, 5.74) is 3.65. The maximum Gasteiger partial charge on any atom is 0.277 e. The van der Waals surface area contributed by atoms with Crippen LogP contribution in [0.3, 0.4) is 0 Å². The van der Waals surface area contributed by atoms with E-state index in [1.54, 1.807) is 58.3 Å². The molecular formula is C28H28ClFN4O3. The Morgan fingerprint density at radius 1 is 1.05 bits per heavy atom. The molecule has 0 unspecified atom stereocenters. The minimum Gasteiger partial charge on any atom is -0.485 e. The van der Waals surface area contributed by atoms with Crippen LogP contribution in [-0.2, 0) is 12.2 Å². The average molecular weight is 523 g/mol. The van der Waals surface area contributed by atoms with Crippen molar-refractivity contribution in [3.8, 4) is 22.8 Å². The van der Waals surface area contributed by atoms with Crippen molar-refractivity contribution >= 4 is 11.6 Å². The van der Waals surface area contributed by atoms with Gasteiger partial charge in [0.15, 0.2) is 0 Å². The number of aryl methyl sites for hydroxylation is 4. The minimum atomic E-state index is -1.12. The highest BCUT2D eigenvalue weighted by atomic mass is 35.5. The molecule has 0 bridgehead atoms. The number of hydrogen-bond acceptors (Lipinski definition) is 6. The van der Waals surface area contributed by atoms with E-state index in [1.165, 1.54) is 10.6 Å². The zero-order chi connectivity index (χ0) is 27.1. The monoisotopic (exact) mass is 522 g/mol. The van der Waals surface area contributed by atoms with E-state index < -0.39 is 17.0 Å². The van der Waals surface area contributed by atoms with E-state index in [0.717, 1.165) is 11.1 Å². The summed E-state index contributed by atoms with van der Waals surface area (Å²) >= 11 is 6.43. The lowest BCUT2D eigenvalue weighted by Crippen LogP contribution is -2.23. The second-order valence-corrected chi connectivity index (χ2v) is 9.99. The van der Waals surface area contributed by atoms with Crippen molar-refractivity contribution in [1.29, 1.82) is 0 Å². The lowest BCUT2D eigenvalue weighted by atomic mass is 10.0. The maximum atomic E-state index is 14.2. The van der Waals surface area contributed by atoms with Gasteiger partial charge in [-0.2, -0.15) is 0 Å². The summed E-state index contributed by atoms with van der Waals surface area (Å²) in [5, 5.41) is 10.3. The fourth-order valence-corrected chi connectivity index (χ4v) is 4.11. The average Bonchev–Trinajstić information content (AvgIpc) is 2.82. The molecular weight excluding hydrogens is 495 g/mol. The van der Waals surface area contributed by atoms with Gasteiger partial charge < -0.3 is 9.84 Å². The van der Waals surface area contributed by atoms with Gasteiger partial charge in [-0.15, -0.1) is 0 Å². The topological polar surface area (TPSA) is 90.1 Å². The summed E-state index contributed by atoms with van der Waals surface area (Å²) in [6, 6.07) is 8.43. The first kappa shape index (κ1) is 26.4. The predicted molar refractivity (Wildman–Crippen MR) is 141 cm³/mol. The fourth-order valence-electron chi connectivity index (χ4n) is 3.91. The van der Waals surface area contributed by atoms with Crippen molar-refractivity contribution in [3.05, 3.63) is 97.7 Å². The zero-order valence-corrected chi connectivity index (χ0v) is 22.3. The third kappa shape index (κ3) is 5.40. The lowest BCUT2D eigenvalue weighted by molar-refractivity contribution is 0.0739. The highest BCUT2D eigenvalue weighted by Crippen LogP contribution is 2.29. The molecule has 9 heteroatoms. The van der Waals surface area contributed by atoms with Crippen molar-refractivity contribution in [3.63, 3.8) is 0 Å². The summed E-state index contributed by atoms with van der Waals surface area (Å²) in [5.74, 6) is -0.344. The van der Waals surface area contributed by atoms with Crippen LogP contribution in [0.2, 0.25) is 5.02 Å². The minimum absolute atomic E-state index is 0.120. The first-order valence-electron chi connectivity index (χ1n) is 11.7. The Labute approximate surface area is 219 Å². The smallest absolute Gasteiger partial charge is 0.277 e. The second kappa shape index (κ2) is 10.0. The SMILES string of the molecule is Cc1cnc(COc2cc(C)n(-c3cc(-c4nc(C(C)(C)O)ccc4C)ncc3C)c(=O)c2Cl)c(F)c1. The summed E-state index contributed by atoms with van der Waals surface area (Å²) in [6.45, 7) is 10.4. The predicted octanol–water partition coefficient (Wildman–Crippen LogP) is 5.52. The summed E-state index contributed by atoms with van der Waals surface area (Å²) < 4.78 is 21.3. The zero-order valence-electron chi connectivity index (χ0n) is 21.6. The molecule has 0 fully saturated rings. The molecule has 4 aromatic heterocycles. The maximum absolute atomic E-state index is 14.2. The van der Waals surface area contributed by atoms with E-state index in [4.69, 9.17) is 16.3 Å². The van der Waals surface area contributed by atoms with E-state index in [1.807, 2.05) is 19.9 Å². The highest BCUT2D eigenvalue weighted by molar-refractivity contribution is 6.31. The van der Waals surface area contributed by atoms with E-state index in [9.17, 15) is 14.3 Å². The second-order valence-electron chi connectivity index (χ2n) is 9.61. The van der Waals surface area contributed by atoms with Gasteiger partial charge in [-0.3, -0.25) is 19.3 Å². The Morgan fingerprint density at radius 3 is 2.46 bits per heavy atom. The van der Waals surface area contributed by atoms with Crippen LogP contribution in [0, 0.1) is 33.5 Å². The van der Waals surface area contributed by atoms with Crippen LogP contribution >= 0.6 is 11.6 Å². The van der Waals surface area contributed by atoms with Crippen molar-refractivity contribution in [1.82, 2.24) is 19.5 Å². The number of hydrogen-bond donors (Lipinski definition) is 1. The molecule has 192 valence electrons. The van der Waals surface area contributed by atoms with Gasteiger partial charge in [0.2, 0.25) is 0 Å². The molecule has 4 aromatic rings. The Morgan fingerprint density at radius 2 is 1.78 bits per heavy atom. The van der Waals surface area contributed by atoms with Gasteiger partial charge in [0, 0.05) is 24.2 Å². The Hall–Kier alpha value is -3.62. The van der Waals surface area contributed by atoms with Crippen LogP contribution < -0.4 is 10.3 Å². The molecule has 0 atom stereocenters. The molecule has 0 aliphatic carbocycles. The molecule has 4 rings (SSSR count). The van der Waals surface area contributed by atoms with E-state index in [2.05, 4.69) is 15.0 Å². The Kier molecular flexibility index (Phi) is 7.17. The van der Waals surface area contributed by atoms with Crippen LogP contribution in [0.1, 0.15) is 47.6 Å². The largest absolute Gasteiger partial charge is 0.485 e. The number of pyridine rings is 4. The van der Waals surface area contributed by atoms with Gasteiger partial charge in [0.05, 0.1) is 22.8 Å². The number of rotatable bonds is 6. The molecule has 4 heterocycles. The summed E-state index contributed by atoms with van der Waals surface area (Å²) in [4.78, 5) is 26.6. The van der Waals surface area contributed by atoms with Gasteiger partial charge in [0.25, 0.3) is 5.56 Å². The molecule has 1 N–H and O–H groups in total. The van der Waals surface area contributed by atoms with Crippen molar-refractivity contribution in [2.75, 3.05) is 0 Å². The van der Waals surface area contributed by atoms with Crippen molar-refractivity contribution in [2.24, 2.45) is 0 Å². The molecule has 0 saturated heterocycles. The molecule has 0 spiro atoms. The van der Waals surface area contributed by atoms with E-state index in [-0.39, 0.29) is 23.1 Å². The fraction of sp³-hybridized carbons (Fsp3) is 0.286. The first-order chi connectivity index (χ1) is 17.4. The standard InChI is InChI=1S/C28H28ClFN4O3/c1-15-9-19(30)21(31-12-15)14-37-23-10-18(4)34(27(35)25(23)29)22-11-20(32-13-17(22)3)26-16(2)7-8-24(33-26)28(5,6)36/h7-13,36H,14H2,1-6H3. The first-order valence-corrected chi connectivity index (χ1v) is 12.1. The number of aliphatic hydroxyl groups is 1. The van der Waals surface area contributed by atoms with Gasteiger partial charge in [0.1, 0.15) is 34.5 Å². The van der Waals surface area contributed by atoms with Crippen LogP contribution in [0.25, 0.3) is 17.1 Å². The van der Waals surface area contributed by atoms with Crippen molar-refractivity contribution < 1.29 is 14.2 Å². The van der Waals surface area contributed by atoms with Gasteiger partial charge >= 0.3 is 0 Å². The Bertz CT molecular complexity index is 1560. The number of ether oxygens (including phenoxy) is 1. The summed E-state index contributed by atoms with van der Waals surface area (Å²) in [7, 11) is 0. The molecule has 0 amide bonds. The molecule has 0 aromatic carbocycles. The molecule has 0 aliphatic heterocycles. The van der Waals surface area contributed by atoms with Gasteiger partial charge in [-0.1, -0.05) is 17.7 Å². The molecule has 7 nitrogen and oxygen atoms in total. The molecule has 37 heavy (non-hydrogen) atoms. The van der Waals surface area contributed by atoms with E-state index >= 15 is 0 Å². The third-order valence-corrected chi connectivity index (χ3v) is 6.35. The lowest BCUT2D eigenvalue weighted by Gasteiger charge is -2.19. The third-order valence-electron chi connectivity index (χ3n) is 6.00. The van der Waals surface area contributed by atoms with Crippen LogP contribution in [0.15, 0.2) is 47.5 Å². The van der Waals surface area contributed by atoms with Gasteiger partial charge in [-0.25, -0.2) is 9.37 Å². The number of nitrogens with zero attached hydrogens (tertiary/aromatic N) is 4. The van der Waals surface area contributed by atoms with Gasteiger partial charge in [-0.05, 0) is 76.4 Å². The number of halogens is 2. The highest BCUT2D eigenvalue weighted by Gasteiger charge is 2.21. The molecule has 0 radical (unpaired) electrons. The van der Waals surface area contributed by atoms with Crippen LogP contribution in [-0.4, -0.2) is 24.6 Å². The number of aromatic nitrogens is 4. The Balaban J connectivity index is 1.75. The summed E-state index contributed by atoms with van der Waals surface area (Å²) in [6.07, 6.45) is 3.21.